The molecule has 0 fully saturated rings. The number of carbonyl (C=O) groups excluding carboxylic acids is 2. The van der Waals surface area contributed by atoms with Gasteiger partial charge in [0.15, 0.2) is 0 Å². The summed E-state index contributed by atoms with van der Waals surface area (Å²) in [6.45, 7) is 5.41. The van der Waals surface area contributed by atoms with Gasteiger partial charge in [0.2, 0.25) is 5.91 Å². The van der Waals surface area contributed by atoms with Crippen LogP contribution in [0.15, 0.2) is 60.8 Å². The van der Waals surface area contributed by atoms with Crippen LogP contribution in [0.4, 0.5) is 26.3 Å². The van der Waals surface area contributed by atoms with E-state index in [1.54, 1.807) is 27.9 Å². The first-order valence-electron chi connectivity index (χ1n) is 14.1. The molecule has 0 aliphatic carbocycles. The van der Waals surface area contributed by atoms with Gasteiger partial charge in [-0.05, 0) is 75.2 Å². The Bertz CT molecular complexity index is 1430. The highest BCUT2D eigenvalue weighted by molar-refractivity contribution is 5.97. The Labute approximate surface area is 258 Å². The van der Waals surface area contributed by atoms with Crippen molar-refractivity contribution in [3.8, 4) is 5.75 Å². The van der Waals surface area contributed by atoms with Crippen LogP contribution in [0.5, 0.6) is 5.75 Å². The molecule has 2 aromatic carbocycles. The SMILES string of the molecule is COCCCN(CC(=O)N(Cc1cccn1Cc1cccc(OC)c1)C(C)(C)C)C(=O)c1cc(C(F)(F)F)cc(C(F)(F)F)c1. The van der Waals surface area contributed by atoms with Crippen LogP contribution < -0.4 is 4.74 Å². The molecule has 45 heavy (non-hydrogen) atoms. The normalized spacial score (nSPS) is 12.2. The number of alkyl halides is 6. The summed E-state index contributed by atoms with van der Waals surface area (Å²) in [5.74, 6) is -0.981. The molecule has 0 saturated heterocycles. The second kappa shape index (κ2) is 14.4. The first-order valence-corrected chi connectivity index (χ1v) is 14.1. The molecule has 0 bridgehead atoms. The van der Waals surface area contributed by atoms with Crippen molar-refractivity contribution in [2.45, 2.75) is 58.2 Å². The third-order valence-electron chi connectivity index (χ3n) is 7.07. The zero-order valence-electron chi connectivity index (χ0n) is 25.8. The van der Waals surface area contributed by atoms with Crippen LogP contribution in [0.3, 0.4) is 0 Å². The highest BCUT2D eigenvalue weighted by Gasteiger charge is 2.38. The van der Waals surface area contributed by atoms with Gasteiger partial charge >= 0.3 is 12.4 Å². The Morgan fingerprint density at radius 1 is 0.867 bits per heavy atom. The molecule has 0 unspecified atom stereocenters. The molecule has 246 valence electrons. The number of rotatable bonds is 12. The molecular weight excluding hydrogens is 604 g/mol. The molecule has 3 rings (SSSR count). The fraction of sp³-hybridized carbons (Fsp3) is 0.438. The summed E-state index contributed by atoms with van der Waals surface area (Å²) < 4.78 is 93.3. The van der Waals surface area contributed by atoms with Crippen molar-refractivity contribution >= 4 is 11.8 Å². The molecule has 13 heteroatoms. The lowest BCUT2D eigenvalue weighted by Crippen LogP contribution is -2.50. The van der Waals surface area contributed by atoms with Gasteiger partial charge in [-0.15, -0.1) is 0 Å². The van der Waals surface area contributed by atoms with Crippen LogP contribution in [-0.2, 0) is 35.0 Å². The molecule has 1 aromatic heterocycles. The largest absolute Gasteiger partial charge is 0.497 e. The van der Waals surface area contributed by atoms with Crippen LogP contribution in [0.2, 0.25) is 0 Å². The number of aromatic nitrogens is 1. The summed E-state index contributed by atoms with van der Waals surface area (Å²) in [7, 11) is 2.97. The summed E-state index contributed by atoms with van der Waals surface area (Å²) in [5.41, 5.74) is -3.09. The zero-order chi connectivity index (χ0) is 33.6. The molecule has 7 nitrogen and oxygen atoms in total. The van der Waals surface area contributed by atoms with Crippen LogP contribution in [0, 0.1) is 0 Å². The van der Waals surface area contributed by atoms with Gasteiger partial charge < -0.3 is 23.8 Å². The van der Waals surface area contributed by atoms with Crippen molar-refractivity contribution < 1.29 is 45.4 Å². The minimum absolute atomic E-state index is 0.0425. The van der Waals surface area contributed by atoms with E-state index in [0.29, 0.717) is 24.4 Å². The Hall–Kier alpha value is -4.00. The van der Waals surface area contributed by atoms with Gasteiger partial charge in [0, 0.05) is 49.8 Å². The van der Waals surface area contributed by atoms with Crippen molar-refractivity contribution in [3.63, 3.8) is 0 Å². The molecule has 0 saturated carbocycles. The van der Waals surface area contributed by atoms with Crippen LogP contribution in [0.25, 0.3) is 0 Å². The predicted octanol–water partition coefficient (Wildman–Crippen LogP) is 6.89. The maximum atomic E-state index is 13.8. The highest BCUT2D eigenvalue weighted by Crippen LogP contribution is 2.36. The molecule has 1 heterocycles. The van der Waals surface area contributed by atoms with Crippen LogP contribution >= 0.6 is 0 Å². The number of benzene rings is 2. The monoisotopic (exact) mass is 641 g/mol. The van der Waals surface area contributed by atoms with Gasteiger partial charge in [-0.25, -0.2) is 0 Å². The Balaban J connectivity index is 1.92. The summed E-state index contributed by atoms with van der Waals surface area (Å²) in [6.07, 6.45) is -8.21. The molecule has 2 amide bonds. The molecule has 0 N–H and O–H groups in total. The molecular formula is C32H37F6N3O4. The van der Waals surface area contributed by atoms with Gasteiger partial charge in [0.05, 0.1) is 24.8 Å². The summed E-state index contributed by atoms with van der Waals surface area (Å²) in [4.78, 5) is 29.8. The van der Waals surface area contributed by atoms with E-state index >= 15 is 0 Å². The fourth-order valence-corrected chi connectivity index (χ4v) is 4.74. The molecule has 0 aliphatic heterocycles. The minimum atomic E-state index is -5.13. The number of hydrogen-bond donors (Lipinski definition) is 0. The topological polar surface area (TPSA) is 64.0 Å². The molecule has 3 aromatic rings. The van der Waals surface area contributed by atoms with Gasteiger partial charge in [-0.2, -0.15) is 26.3 Å². The van der Waals surface area contributed by atoms with E-state index in [1.807, 2.05) is 47.2 Å². The molecule has 0 aliphatic rings. The number of ether oxygens (including phenoxy) is 2. The van der Waals surface area contributed by atoms with Crippen LogP contribution in [-0.4, -0.2) is 65.6 Å². The van der Waals surface area contributed by atoms with Gasteiger partial charge in [-0.3, -0.25) is 9.59 Å². The number of nitrogens with zero attached hydrogens (tertiary/aromatic N) is 3. The number of carbonyl (C=O) groups is 2. The summed E-state index contributed by atoms with van der Waals surface area (Å²) >= 11 is 0. The predicted molar refractivity (Wildman–Crippen MR) is 156 cm³/mol. The van der Waals surface area contributed by atoms with Gasteiger partial charge in [-0.1, -0.05) is 12.1 Å². The zero-order valence-corrected chi connectivity index (χ0v) is 25.8. The van der Waals surface area contributed by atoms with Gasteiger partial charge in [0.25, 0.3) is 5.91 Å². The third-order valence-corrected chi connectivity index (χ3v) is 7.07. The maximum Gasteiger partial charge on any atom is 0.416 e. The molecule has 0 spiro atoms. The number of hydrogen-bond acceptors (Lipinski definition) is 4. The second-order valence-electron chi connectivity index (χ2n) is 11.5. The third kappa shape index (κ3) is 9.74. The molecule has 0 radical (unpaired) electrons. The second-order valence-corrected chi connectivity index (χ2v) is 11.5. The van der Waals surface area contributed by atoms with E-state index in [2.05, 4.69) is 0 Å². The minimum Gasteiger partial charge on any atom is -0.497 e. The highest BCUT2D eigenvalue weighted by atomic mass is 19.4. The first kappa shape index (κ1) is 35.5. The number of amides is 2. The van der Waals surface area contributed by atoms with Crippen molar-refractivity contribution in [3.05, 3.63) is 88.7 Å². The summed E-state index contributed by atoms with van der Waals surface area (Å²) in [6, 6.07) is 11.9. The van der Waals surface area contributed by atoms with Crippen LogP contribution in [0.1, 0.15) is 59.9 Å². The lowest BCUT2D eigenvalue weighted by Gasteiger charge is -2.37. The average molecular weight is 642 g/mol. The molecule has 0 atom stereocenters. The standard InChI is InChI=1S/C32H37F6N3O4/c1-30(2,3)41(20-26-10-7-12-39(26)19-22-9-6-11-27(15-22)45-5)28(42)21-40(13-8-14-44-4)29(43)23-16-24(31(33,34)35)18-25(17-23)32(36,37)38/h6-7,9-12,15-18H,8,13-14,19-21H2,1-5H3. The number of methoxy groups -OCH3 is 2. The average Bonchev–Trinajstić information content (AvgIpc) is 3.39. The quantitative estimate of drug-likeness (QED) is 0.160. The lowest BCUT2D eigenvalue weighted by molar-refractivity contribution is -0.143. The van der Waals surface area contributed by atoms with E-state index in [1.165, 1.54) is 12.0 Å². The fourth-order valence-electron chi connectivity index (χ4n) is 4.74. The number of halogens is 6. The summed E-state index contributed by atoms with van der Waals surface area (Å²) in [5, 5.41) is 0. The Kier molecular flexibility index (Phi) is 11.4. The van der Waals surface area contributed by atoms with Crippen molar-refractivity contribution in [2.75, 3.05) is 33.9 Å². The van der Waals surface area contributed by atoms with Gasteiger partial charge in [0.1, 0.15) is 12.3 Å². The van der Waals surface area contributed by atoms with E-state index in [0.717, 1.165) is 16.2 Å². The van der Waals surface area contributed by atoms with Crippen molar-refractivity contribution in [1.29, 1.82) is 0 Å². The van der Waals surface area contributed by atoms with E-state index in [4.69, 9.17) is 9.47 Å². The Morgan fingerprint density at radius 3 is 2.07 bits per heavy atom. The van der Waals surface area contributed by atoms with E-state index < -0.39 is 52.9 Å². The van der Waals surface area contributed by atoms with Crippen molar-refractivity contribution in [1.82, 2.24) is 14.4 Å². The lowest BCUT2D eigenvalue weighted by atomic mass is 10.0. The van der Waals surface area contributed by atoms with Crippen molar-refractivity contribution in [2.24, 2.45) is 0 Å². The smallest absolute Gasteiger partial charge is 0.416 e. The first-order chi connectivity index (χ1) is 20.9. The Morgan fingerprint density at radius 2 is 1.51 bits per heavy atom. The van der Waals surface area contributed by atoms with E-state index in [-0.39, 0.29) is 32.2 Å². The maximum absolute atomic E-state index is 13.8. The van der Waals surface area contributed by atoms with E-state index in [9.17, 15) is 35.9 Å².